The maximum Gasteiger partial charge on any atom is 0.271 e. The number of carbonyl (C=O) groups excluding carboxylic acids is 1. The van der Waals surface area contributed by atoms with Crippen LogP contribution in [0.2, 0.25) is 0 Å². The van der Waals surface area contributed by atoms with Crippen LogP contribution in [0.4, 0.5) is 5.82 Å². The number of nitrogens with one attached hydrogen (secondary N) is 2. The number of hydrogen-bond acceptors (Lipinski definition) is 4. The average molecular weight is 290 g/mol. The van der Waals surface area contributed by atoms with Gasteiger partial charge in [-0.1, -0.05) is 33.6 Å². The molecule has 0 spiro atoms. The Morgan fingerprint density at radius 1 is 1.38 bits per heavy atom. The highest BCUT2D eigenvalue weighted by Gasteiger charge is 2.33. The van der Waals surface area contributed by atoms with Gasteiger partial charge in [-0.2, -0.15) is 0 Å². The van der Waals surface area contributed by atoms with Crippen molar-refractivity contribution in [3.05, 3.63) is 18.1 Å². The first-order valence-electron chi connectivity index (χ1n) is 7.89. The molecule has 5 nitrogen and oxygen atoms in total. The minimum Gasteiger partial charge on any atom is -0.369 e. The lowest BCUT2D eigenvalue weighted by atomic mass is 9.73. The summed E-state index contributed by atoms with van der Waals surface area (Å²) in [6.07, 6.45) is 8.81. The van der Waals surface area contributed by atoms with Crippen molar-refractivity contribution in [1.29, 1.82) is 0 Å². The van der Waals surface area contributed by atoms with Crippen molar-refractivity contribution in [2.45, 2.75) is 58.9 Å². The SMILES string of the molecule is CCCNc1cncc(C(=O)NC2CCCCC2(C)C)n1. The fraction of sp³-hybridized carbons (Fsp3) is 0.688. The molecule has 0 aliphatic heterocycles. The van der Waals surface area contributed by atoms with E-state index in [-0.39, 0.29) is 17.4 Å². The highest BCUT2D eigenvalue weighted by Crippen LogP contribution is 2.35. The maximum absolute atomic E-state index is 12.4. The molecule has 2 N–H and O–H groups in total. The molecule has 1 atom stereocenters. The Balaban J connectivity index is 2.02. The second kappa shape index (κ2) is 6.87. The molecule has 0 bridgehead atoms. The summed E-state index contributed by atoms with van der Waals surface area (Å²) < 4.78 is 0. The Kier molecular flexibility index (Phi) is 5.15. The lowest BCUT2D eigenvalue weighted by Crippen LogP contribution is -2.47. The fourth-order valence-corrected chi connectivity index (χ4v) is 2.81. The van der Waals surface area contributed by atoms with E-state index in [0.717, 1.165) is 25.8 Å². The molecule has 0 saturated heterocycles. The minimum absolute atomic E-state index is 0.123. The van der Waals surface area contributed by atoms with Crippen molar-refractivity contribution in [3.8, 4) is 0 Å². The second-order valence-electron chi connectivity index (χ2n) is 6.48. The predicted molar refractivity (Wildman–Crippen MR) is 84.3 cm³/mol. The topological polar surface area (TPSA) is 66.9 Å². The molecule has 5 heteroatoms. The van der Waals surface area contributed by atoms with E-state index in [2.05, 4.69) is 41.4 Å². The van der Waals surface area contributed by atoms with Crippen LogP contribution in [-0.2, 0) is 0 Å². The van der Waals surface area contributed by atoms with Crippen LogP contribution in [0.25, 0.3) is 0 Å². The lowest BCUT2D eigenvalue weighted by molar-refractivity contribution is 0.0848. The largest absolute Gasteiger partial charge is 0.369 e. The Bertz CT molecular complexity index is 487. The van der Waals surface area contributed by atoms with Crippen LogP contribution < -0.4 is 10.6 Å². The second-order valence-corrected chi connectivity index (χ2v) is 6.48. The van der Waals surface area contributed by atoms with E-state index in [1.54, 1.807) is 6.20 Å². The zero-order valence-corrected chi connectivity index (χ0v) is 13.3. The standard InChI is InChI=1S/C16H26N4O/c1-4-9-18-14-11-17-10-12(19-14)15(21)20-13-7-5-6-8-16(13,2)3/h10-11,13H,4-9H2,1-3H3,(H,18,19)(H,20,21). The zero-order valence-electron chi connectivity index (χ0n) is 13.3. The molecular formula is C16H26N4O. The number of amides is 1. The zero-order chi connectivity index (χ0) is 15.3. The molecule has 1 heterocycles. The summed E-state index contributed by atoms with van der Waals surface area (Å²) in [7, 11) is 0. The summed E-state index contributed by atoms with van der Waals surface area (Å²) in [4.78, 5) is 20.8. The van der Waals surface area contributed by atoms with Gasteiger partial charge in [-0.15, -0.1) is 0 Å². The third kappa shape index (κ3) is 4.16. The normalized spacial score (nSPS) is 20.8. The van der Waals surface area contributed by atoms with E-state index in [0.29, 0.717) is 11.5 Å². The summed E-state index contributed by atoms with van der Waals surface area (Å²) in [5.41, 5.74) is 0.539. The minimum atomic E-state index is -0.123. The van der Waals surface area contributed by atoms with E-state index in [9.17, 15) is 4.79 Å². The summed E-state index contributed by atoms with van der Waals surface area (Å²) in [6.45, 7) is 7.36. The van der Waals surface area contributed by atoms with Crippen LogP contribution in [-0.4, -0.2) is 28.5 Å². The van der Waals surface area contributed by atoms with Gasteiger partial charge in [-0.3, -0.25) is 9.78 Å². The molecule has 1 fully saturated rings. The van der Waals surface area contributed by atoms with Gasteiger partial charge in [0, 0.05) is 12.6 Å². The van der Waals surface area contributed by atoms with Gasteiger partial charge in [0.05, 0.1) is 12.4 Å². The summed E-state index contributed by atoms with van der Waals surface area (Å²) in [6, 6.07) is 0.216. The van der Waals surface area contributed by atoms with Crippen LogP contribution in [0.3, 0.4) is 0 Å². The molecule has 1 aromatic rings. The molecule has 1 aliphatic rings. The van der Waals surface area contributed by atoms with Crippen LogP contribution >= 0.6 is 0 Å². The Morgan fingerprint density at radius 2 is 2.19 bits per heavy atom. The van der Waals surface area contributed by atoms with Gasteiger partial charge in [-0.25, -0.2) is 4.98 Å². The molecule has 1 unspecified atom stereocenters. The van der Waals surface area contributed by atoms with Crippen LogP contribution in [0.15, 0.2) is 12.4 Å². The van der Waals surface area contributed by atoms with Crippen LogP contribution in [0.5, 0.6) is 0 Å². The van der Waals surface area contributed by atoms with Crippen molar-refractivity contribution in [3.63, 3.8) is 0 Å². The first kappa shape index (κ1) is 15.7. The van der Waals surface area contributed by atoms with Gasteiger partial charge < -0.3 is 10.6 Å². The Labute approximate surface area is 127 Å². The molecule has 1 saturated carbocycles. The van der Waals surface area contributed by atoms with E-state index in [1.807, 2.05) is 0 Å². The Hall–Kier alpha value is -1.65. The number of hydrogen-bond donors (Lipinski definition) is 2. The highest BCUT2D eigenvalue weighted by atomic mass is 16.2. The number of rotatable bonds is 5. The summed E-state index contributed by atoms with van der Waals surface area (Å²) in [5.74, 6) is 0.537. The van der Waals surface area contributed by atoms with Crippen molar-refractivity contribution >= 4 is 11.7 Å². The van der Waals surface area contributed by atoms with Gasteiger partial charge in [0.2, 0.25) is 0 Å². The number of nitrogens with zero attached hydrogens (tertiary/aromatic N) is 2. The van der Waals surface area contributed by atoms with Gasteiger partial charge in [0.1, 0.15) is 11.5 Å². The predicted octanol–water partition coefficient (Wildman–Crippen LogP) is 3.00. The molecule has 0 radical (unpaired) electrons. The summed E-state index contributed by atoms with van der Waals surface area (Å²) >= 11 is 0. The molecule has 2 rings (SSSR count). The number of anilines is 1. The van der Waals surface area contributed by atoms with E-state index in [4.69, 9.17) is 0 Å². The monoisotopic (exact) mass is 290 g/mol. The Morgan fingerprint density at radius 3 is 2.90 bits per heavy atom. The molecule has 1 aliphatic carbocycles. The van der Waals surface area contributed by atoms with Crippen molar-refractivity contribution in [2.24, 2.45) is 5.41 Å². The third-order valence-corrected chi connectivity index (χ3v) is 4.24. The van der Waals surface area contributed by atoms with Crippen molar-refractivity contribution in [2.75, 3.05) is 11.9 Å². The smallest absolute Gasteiger partial charge is 0.271 e. The van der Waals surface area contributed by atoms with Crippen molar-refractivity contribution < 1.29 is 4.79 Å². The average Bonchev–Trinajstić information content (AvgIpc) is 2.47. The van der Waals surface area contributed by atoms with Gasteiger partial charge in [0.15, 0.2) is 0 Å². The van der Waals surface area contributed by atoms with Gasteiger partial charge >= 0.3 is 0 Å². The van der Waals surface area contributed by atoms with Gasteiger partial charge in [-0.05, 0) is 24.7 Å². The molecular weight excluding hydrogens is 264 g/mol. The fourth-order valence-electron chi connectivity index (χ4n) is 2.81. The molecule has 1 aromatic heterocycles. The number of aromatic nitrogens is 2. The van der Waals surface area contributed by atoms with Crippen molar-refractivity contribution in [1.82, 2.24) is 15.3 Å². The lowest BCUT2D eigenvalue weighted by Gasteiger charge is -2.38. The number of carbonyl (C=O) groups is 1. The molecule has 0 aromatic carbocycles. The van der Waals surface area contributed by atoms with E-state index < -0.39 is 0 Å². The third-order valence-electron chi connectivity index (χ3n) is 4.24. The van der Waals surface area contributed by atoms with E-state index >= 15 is 0 Å². The highest BCUT2D eigenvalue weighted by molar-refractivity contribution is 5.92. The molecule has 116 valence electrons. The van der Waals surface area contributed by atoms with Crippen LogP contribution in [0.1, 0.15) is 63.4 Å². The van der Waals surface area contributed by atoms with Gasteiger partial charge in [0.25, 0.3) is 5.91 Å². The van der Waals surface area contributed by atoms with E-state index in [1.165, 1.54) is 19.0 Å². The van der Waals surface area contributed by atoms with Crippen LogP contribution in [0, 0.1) is 5.41 Å². The summed E-state index contributed by atoms with van der Waals surface area (Å²) in [5, 5.41) is 6.30. The quantitative estimate of drug-likeness (QED) is 0.875. The molecule has 21 heavy (non-hydrogen) atoms. The molecule has 1 amide bonds. The maximum atomic E-state index is 12.4. The first-order chi connectivity index (χ1) is 10.0. The first-order valence-corrected chi connectivity index (χ1v) is 7.89.